The van der Waals surface area contributed by atoms with Gasteiger partial charge in [-0.25, -0.2) is 24.9 Å². The Kier molecular flexibility index (Phi) is 5.05. The highest BCUT2D eigenvalue weighted by molar-refractivity contribution is 6.35. The molecular formula is C19H20ClN9O2. The summed E-state index contributed by atoms with van der Waals surface area (Å²) in [5, 5.41) is 6.78. The molecule has 1 amide bonds. The predicted octanol–water partition coefficient (Wildman–Crippen LogP) is 2.82. The molecule has 31 heavy (non-hydrogen) atoms. The fourth-order valence-corrected chi connectivity index (χ4v) is 2.96. The largest absolute Gasteiger partial charge is 0.382 e. The summed E-state index contributed by atoms with van der Waals surface area (Å²) in [6, 6.07) is 1.16. The highest BCUT2D eigenvalue weighted by Crippen LogP contribution is 2.25. The van der Waals surface area contributed by atoms with Crippen LogP contribution in [0.25, 0.3) is 22.7 Å². The molecule has 0 aliphatic heterocycles. The number of nitrogens with one attached hydrogen (secondary N) is 2. The fourth-order valence-electron chi connectivity index (χ4n) is 2.77. The quantitative estimate of drug-likeness (QED) is 0.432. The van der Waals surface area contributed by atoms with Crippen molar-refractivity contribution in [2.24, 2.45) is 0 Å². The molecule has 4 aromatic heterocycles. The van der Waals surface area contributed by atoms with Crippen LogP contribution in [0.2, 0.25) is 5.02 Å². The smallest absolute Gasteiger partial charge is 0.272 e. The molecule has 0 aliphatic rings. The van der Waals surface area contributed by atoms with Crippen LogP contribution in [-0.4, -0.2) is 41.0 Å². The molecule has 0 aliphatic carbocycles. The zero-order valence-electron chi connectivity index (χ0n) is 17.3. The van der Waals surface area contributed by atoms with E-state index in [0.717, 1.165) is 0 Å². The normalized spacial score (nSPS) is 12.8. The van der Waals surface area contributed by atoms with Crippen LogP contribution in [-0.2, 0) is 5.41 Å². The summed E-state index contributed by atoms with van der Waals surface area (Å²) >= 11 is 6.01. The Bertz CT molecular complexity index is 1280. The zero-order chi connectivity index (χ0) is 22.3. The lowest BCUT2D eigenvalue weighted by atomic mass is 9.96. The predicted molar refractivity (Wildman–Crippen MR) is 113 cm³/mol. The van der Waals surface area contributed by atoms with Crippen molar-refractivity contribution in [1.29, 1.82) is 0 Å². The number of amides is 1. The Morgan fingerprint density at radius 3 is 2.77 bits per heavy atom. The summed E-state index contributed by atoms with van der Waals surface area (Å²) in [4.78, 5) is 36.6. The van der Waals surface area contributed by atoms with E-state index >= 15 is 0 Å². The minimum Gasteiger partial charge on any atom is -0.382 e. The number of fused-ring (bicyclic) bond motifs is 1. The van der Waals surface area contributed by atoms with Crippen LogP contribution in [0.1, 0.15) is 55.8 Å². The summed E-state index contributed by atoms with van der Waals surface area (Å²) in [5.74, 6) is 1.11. The number of hydrogen-bond acceptors (Lipinski definition) is 9. The number of aromatic amines is 1. The zero-order valence-corrected chi connectivity index (χ0v) is 18.0. The summed E-state index contributed by atoms with van der Waals surface area (Å²) < 4.78 is 5.39. The molecule has 0 aromatic carbocycles. The number of carbonyl (C=O) groups is 1. The molecule has 12 heteroatoms. The molecule has 0 saturated carbocycles. The van der Waals surface area contributed by atoms with Crippen LogP contribution < -0.4 is 11.1 Å². The number of nitrogens with zero attached hydrogens (tertiary/aromatic N) is 6. The van der Waals surface area contributed by atoms with Gasteiger partial charge in [0.25, 0.3) is 5.91 Å². The summed E-state index contributed by atoms with van der Waals surface area (Å²) in [5.41, 5.74) is 7.10. The Morgan fingerprint density at radius 1 is 1.26 bits per heavy atom. The van der Waals surface area contributed by atoms with E-state index in [2.05, 4.69) is 40.4 Å². The van der Waals surface area contributed by atoms with E-state index in [1.54, 1.807) is 19.2 Å². The second kappa shape index (κ2) is 7.58. The van der Waals surface area contributed by atoms with Crippen molar-refractivity contribution in [2.75, 3.05) is 5.73 Å². The van der Waals surface area contributed by atoms with E-state index in [1.807, 2.05) is 20.8 Å². The third-order valence-corrected chi connectivity index (χ3v) is 4.86. The number of nitrogen functional groups attached to an aromatic ring is 1. The summed E-state index contributed by atoms with van der Waals surface area (Å²) in [6.07, 6.45) is 2.86. The lowest BCUT2D eigenvalue weighted by Gasteiger charge is -2.15. The van der Waals surface area contributed by atoms with Crippen molar-refractivity contribution >= 4 is 34.5 Å². The van der Waals surface area contributed by atoms with Gasteiger partial charge < -0.3 is 20.6 Å². The summed E-state index contributed by atoms with van der Waals surface area (Å²) in [6.45, 7) is 7.83. The molecule has 0 bridgehead atoms. The van der Waals surface area contributed by atoms with Gasteiger partial charge in [-0.05, 0) is 6.92 Å². The van der Waals surface area contributed by atoms with E-state index < -0.39 is 11.9 Å². The molecule has 0 fully saturated rings. The Balaban J connectivity index is 1.55. The van der Waals surface area contributed by atoms with Crippen LogP contribution >= 0.6 is 11.6 Å². The van der Waals surface area contributed by atoms with Crippen LogP contribution in [0.5, 0.6) is 0 Å². The fraction of sp³-hybridized carbons (Fsp3) is 0.316. The maximum Gasteiger partial charge on any atom is 0.272 e. The van der Waals surface area contributed by atoms with Crippen LogP contribution in [0.4, 0.5) is 5.82 Å². The molecule has 1 unspecified atom stereocenters. The van der Waals surface area contributed by atoms with Crippen molar-refractivity contribution in [1.82, 2.24) is 40.4 Å². The van der Waals surface area contributed by atoms with Gasteiger partial charge in [0.2, 0.25) is 0 Å². The number of anilines is 1. The van der Waals surface area contributed by atoms with Crippen LogP contribution in [0, 0.1) is 0 Å². The Morgan fingerprint density at radius 2 is 2.03 bits per heavy atom. The van der Waals surface area contributed by atoms with Gasteiger partial charge in [-0.1, -0.05) is 37.5 Å². The number of nitrogens with two attached hydrogens (primary N) is 1. The monoisotopic (exact) mass is 441 g/mol. The number of halogens is 1. The van der Waals surface area contributed by atoms with Crippen molar-refractivity contribution < 1.29 is 9.32 Å². The topological polar surface area (TPSA) is 161 Å². The second-order valence-corrected chi connectivity index (χ2v) is 8.38. The highest BCUT2D eigenvalue weighted by atomic mass is 35.5. The number of imidazole rings is 1. The Labute approximate surface area is 181 Å². The molecule has 1 atom stereocenters. The van der Waals surface area contributed by atoms with Crippen molar-refractivity contribution in [2.45, 2.75) is 39.2 Å². The van der Waals surface area contributed by atoms with Gasteiger partial charge in [0.05, 0.1) is 12.2 Å². The first kappa shape index (κ1) is 20.7. The van der Waals surface area contributed by atoms with Crippen molar-refractivity contribution in [3.8, 4) is 11.5 Å². The standard InChI is InChI=1S/C19H20ClN9O2/c1-8(25-17(30)13-12(20)14(21)24-7-23-13)11-5-9(29-31-11)15-26-10-6-22-18(19(2,3)4)28-16(10)27-15/h5-8H,1-4H3,(H,25,30)(H2,21,23,24)(H,22,26,27,28). The van der Waals surface area contributed by atoms with Gasteiger partial charge in [0, 0.05) is 11.5 Å². The molecule has 4 N–H and O–H groups in total. The molecule has 4 heterocycles. The van der Waals surface area contributed by atoms with Gasteiger partial charge in [-0.2, -0.15) is 0 Å². The highest BCUT2D eigenvalue weighted by Gasteiger charge is 2.22. The molecule has 4 aromatic rings. The van der Waals surface area contributed by atoms with Crippen molar-refractivity contribution in [3.63, 3.8) is 0 Å². The lowest BCUT2D eigenvalue weighted by Crippen LogP contribution is -2.27. The SMILES string of the molecule is CC(NC(=O)c1ncnc(N)c1Cl)c1cc(-c2nc3nc(C(C)(C)C)ncc3[nH]2)no1. The van der Waals surface area contributed by atoms with E-state index in [4.69, 9.17) is 21.9 Å². The first-order chi connectivity index (χ1) is 14.6. The second-order valence-electron chi connectivity index (χ2n) is 8.00. The Hall–Kier alpha value is -3.60. The van der Waals surface area contributed by atoms with Crippen LogP contribution in [0.15, 0.2) is 23.1 Å². The average molecular weight is 442 g/mol. The van der Waals surface area contributed by atoms with Gasteiger partial charge >= 0.3 is 0 Å². The lowest BCUT2D eigenvalue weighted by molar-refractivity contribution is 0.0929. The third-order valence-electron chi connectivity index (χ3n) is 4.49. The van der Waals surface area contributed by atoms with Crippen molar-refractivity contribution in [3.05, 3.63) is 40.9 Å². The molecular weight excluding hydrogens is 422 g/mol. The van der Waals surface area contributed by atoms with Crippen LogP contribution in [0.3, 0.4) is 0 Å². The van der Waals surface area contributed by atoms with E-state index in [1.165, 1.54) is 6.33 Å². The van der Waals surface area contributed by atoms with E-state index in [-0.39, 0.29) is 21.9 Å². The minimum absolute atomic E-state index is 0.0107. The number of rotatable bonds is 4. The van der Waals surface area contributed by atoms with Gasteiger partial charge in [-0.15, -0.1) is 0 Å². The molecule has 0 spiro atoms. The molecule has 4 rings (SSSR count). The molecule has 11 nitrogen and oxygen atoms in total. The molecule has 0 radical (unpaired) electrons. The molecule has 0 saturated heterocycles. The first-order valence-corrected chi connectivity index (χ1v) is 9.78. The van der Waals surface area contributed by atoms with Gasteiger partial charge in [0.15, 0.2) is 22.9 Å². The maximum absolute atomic E-state index is 12.5. The number of hydrogen-bond donors (Lipinski definition) is 3. The van der Waals surface area contributed by atoms with E-state index in [0.29, 0.717) is 34.3 Å². The number of H-pyrrole nitrogens is 1. The maximum atomic E-state index is 12.5. The van der Waals surface area contributed by atoms with Gasteiger partial charge in [0.1, 0.15) is 34.2 Å². The summed E-state index contributed by atoms with van der Waals surface area (Å²) in [7, 11) is 0. The number of aromatic nitrogens is 7. The number of carbonyl (C=O) groups excluding carboxylic acids is 1. The minimum atomic E-state index is -0.516. The van der Waals surface area contributed by atoms with Gasteiger partial charge in [-0.3, -0.25) is 4.79 Å². The third kappa shape index (κ3) is 4.04. The molecule has 160 valence electrons. The first-order valence-electron chi connectivity index (χ1n) is 9.40. The van der Waals surface area contributed by atoms with E-state index in [9.17, 15) is 4.79 Å². The average Bonchev–Trinajstić information content (AvgIpc) is 3.35.